The molecule has 30 heavy (non-hydrogen) atoms. The molecule has 0 aliphatic carbocycles. The monoisotopic (exact) mass is 427 g/mol. The SMILES string of the molecule is CC1CCN([C@@H](CNC(=O)COc2ccc3c(c2)CCC(=O)N3)c2cccs2)CC1. The largest absolute Gasteiger partial charge is 0.484 e. The molecule has 2 N–H and O–H groups in total. The summed E-state index contributed by atoms with van der Waals surface area (Å²) in [5.41, 5.74) is 1.88. The molecule has 2 amide bonds. The van der Waals surface area contributed by atoms with Gasteiger partial charge in [0.25, 0.3) is 5.91 Å². The van der Waals surface area contributed by atoms with E-state index in [4.69, 9.17) is 4.74 Å². The summed E-state index contributed by atoms with van der Waals surface area (Å²) in [4.78, 5) is 27.7. The molecule has 0 unspecified atom stereocenters. The van der Waals surface area contributed by atoms with Crippen molar-refractivity contribution in [1.29, 1.82) is 0 Å². The van der Waals surface area contributed by atoms with Crippen molar-refractivity contribution in [3.63, 3.8) is 0 Å². The van der Waals surface area contributed by atoms with Gasteiger partial charge in [0, 0.05) is 23.5 Å². The number of amides is 2. The topological polar surface area (TPSA) is 70.7 Å². The van der Waals surface area contributed by atoms with E-state index in [-0.39, 0.29) is 24.5 Å². The molecule has 1 saturated heterocycles. The van der Waals surface area contributed by atoms with Gasteiger partial charge in [-0.3, -0.25) is 14.5 Å². The third-order valence-corrected chi connectivity index (χ3v) is 6.94. The third kappa shape index (κ3) is 5.21. The summed E-state index contributed by atoms with van der Waals surface area (Å²) in [6.07, 6.45) is 3.59. The van der Waals surface area contributed by atoms with Crippen molar-refractivity contribution in [2.45, 2.75) is 38.6 Å². The molecular weight excluding hydrogens is 398 g/mol. The molecule has 0 spiro atoms. The fraction of sp³-hybridized carbons (Fsp3) is 0.478. The number of piperidine rings is 1. The first-order valence-electron chi connectivity index (χ1n) is 10.7. The van der Waals surface area contributed by atoms with Crippen LogP contribution in [0.4, 0.5) is 5.69 Å². The molecule has 6 nitrogen and oxygen atoms in total. The molecule has 2 aromatic rings. The van der Waals surface area contributed by atoms with E-state index in [1.807, 2.05) is 12.1 Å². The van der Waals surface area contributed by atoms with Crippen LogP contribution in [-0.4, -0.2) is 43.0 Å². The molecule has 0 saturated carbocycles. The highest BCUT2D eigenvalue weighted by Gasteiger charge is 2.25. The number of hydrogen-bond acceptors (Lipinski definition) is 5. The zero-order valence-electron chi connectivity index (χ0n) is 17.4. The first-order chi connectivity index (χ1) is 14.6. The highest BCUT2D eigenvalue weighted by molar-refractivity contribution is 7.10. The van der Waals surface area contributed by atoms with E-state index in [1.54, 1.807) is 17.4 Å². The van der Waals surface area contributed by atoms with Gasteiger partial charge in [-0.2, -0.15) is 0 Å². The lowest BCUT2D eigenvalue weighted by Crippen LogP contribution is -2.42. The lowest BCUT2D eigenvalue weighted by atomic mass is 9.97. The standard InChI is InChI=1S/C23H29N3O3S/c1-16-8-10-26(11-9-16)20(21-3-2-12-30-21)14-24-23(28)15-29-18-5-6-19-17(13-18)4-7-22(27)25-19/h2-3,5-6,12-13,16,20H,4,7-11,14-15H2,1H3,(H,24,28)(H,25,27)/t20-/m0/s1. The number of hydrogen-bond donors (Lipinski definition) is 2. The molecule has 1 aromatic heterocycles. The highest BCUT2D eigenvalue weighted by Crippen LogP contribution is 2.29. The molecule has 0 bridgehead atoms. The van der Waals surface area contributed by atoms with Gasteiger partial charge in [-0.25, -0.2) is 0 Å². The van der Waals surface area contributed by atoms with Gasteiger partial charge in [-0.05, 0) is 73.5 Å². The van der Waals surface area contributed by atoms with E-state index in [2.05, 4.69) is 40.0 Å². The number of anilines is 1. The smallest absolute Gasteiger partial charge is 0.258 e. The molecule has 1 fully saturated rings. The summed E-state index contributed by atoms with van der Waals surface area (Å²) < 4.78 is 5.71. The second kappa shape index (κ2) is 9.62. The zero-order valence-corrected chi connectivity index (χ0v) is 18.2. The number of aryl methyl sites for hydroxylation is 1. The molecule has 0 radical (unpaired) electrons. The van der Waals surface area contributed by atoms with Crippen molar-refractivity contribution < 1.29 is 14.3 Å². The molecule has 2 aliphatic rings. The van der Waals surface area contributed by atoms with Gasteiger partial charge in [0.2, 0.25) is 5.91 Å². The third-order valence-electron chi connectivity index (χ3n) is 5.97. The Labute approximate surface area is 181 Å². The fourth-order valence-corrected chi connectivity index (χ4v) is 4.95. The Bertz CT molecular complexity index is 876. The van der Waals surface area contributed by atoms with E-state index in [0.29, 0.717) is 25.1 Å². The number of ether oxygens (including phenoxy) is 1. The maximum atomic E-state index is 12.4. The molecule has 1 atom stereocenters. The number of fused-ring (bicyclic) bond motifs is 1. The Balaban J connectivity index is 1.30. The normalized spacial score (nSPS) is 18.4. The highest BCUT2D eigenvalue weighted by atomic mass is 32.1. The van der Waals surface area contributed by atoms with Gasteiger partial charge < -0.3 is 15.4 Å². The predicted molar refractivity (Wildman–Crippen MR) is 119 cm³/mol. The van der Waals surface area contributed by atoms with Crippen LogP contribution >= 0.6 is 11.3 Å². The summed E-state index contributed by atoms with van der Waals surface area (Å²) in [5.74, 6) is 1.35. The minimum Gasteiger partial charge on any atom is -0.484 e. The average molecular weight is 428 g/mol. The average Bonchev–Trinajstić information content (AvgIpc) is 3.28. The summed E-state index contributed by atoms with van der Waals surface area (Å²) in [6, 6.07) is 9.98. The molecule has 4 rings (SSSR count). The molecule has 3 heterocycles. The number of thiophene rings is 1. The van der Waals surface area contributed by atoms with E-state index >= 15 is 0 Å². The number of rotatable bonds is 7. The van der Waals surface area contributed by atoms with Gasteiger partial charge >= 0.3 is 0 Å². The Kier molecular flexibility index (Phi) is 6.69. The summed E-state index contributed by atoms with van der Waals surface area (Å²) in [6.45, 7) is 5.03. The minimum atomic E-state index is -0.118. The zero-order chi connectivity index (χ0) is 20.9. The number of carbonyl (C=O) groups excluding carboxylic acids is 2. The summed E-state index contributed by atoms with van der Waals surface area (Å²) in [5, 5.41) is 8.01. The van der Waals surface area contributed by atoms with E-state index in [9.17, 15) is 9.59 Å². The van der Waals surface area contributed by atoms with Gasteiger partial charge in [-0.15, -0.1) is 11.3 Å². The summed E-state index contributed by atoms with van der Waals surface area (Å²) >= 11 is 1.75. The van der Waals surface area contributed by atoms with Crippen LogP contribution in [-0.2, 0) is 16.0 Å². The molecule has 1 aromatic carbocycles. The molecule has 2 aliphatic heterocycles. The Morgan fingerprint density at radius 3 is 2.90 bits per heavy atom. The Morgan fingerprint density at radius 1 is 1.30 bits per heavy atom. The number of benzene rings is 1. The van der Waals surface area contributed by atoms with Crippen LogP contribution in [0.1, 0.15) is 42.7 Å². The van der Waals surface area contributed by atoms with Gasteiger partial charge in [0.05, 0.1) is 6.04 Å². The first-order valence-corrected chi connectivity index (χ1v) is 11.6. The number of nitrogens with zero attached hydrogens (tertiary/aromatic N) is 1. The van der Waals surface area contributed by atoms with Crippen LogP contribution in [0.3, 0.4) is 0 Å². The van der Waals surface area contributed by atoms with Crippen LogP contribution in [0.5, 0.6) is 5.75 Å². The first kappa shape index (κ1) is 20.9. The van der Waals surface area contributed by atoms with Crippen molar-refractivity contribution in [1.82, 2.24) is 10.2 Å². The van der Waals surface area contributed by atoms with E-state index < -0.39 is 0 Å². The van der Waals surface area contributed by atoms with Gasteiger partial charge in [0.15, 0.2) is 6.61 Å². The minimum absolute atomic E-state index is 0.0145. The Morgan fingerprint density at radius 2 is 2.13 bits per heavy atom. The van der Waals surface area contributed by atoms with Crippen LogP contribution in [0.25, 0.3) is 0 Å². The lowest BCUT2D eigenvalue weighted by Gasteiger charge is -2.36. The van der Waals surface area contributed by atoms with E-state index in [1.165, 1.54) is 17.7 Å². The van der Waals surface area contributed by atoms with Crippen molar-refractivity contribution >= 4 is 28.8 Å². The quantitative estimate of drug-likeness (QED) is 0.708. The second-order valence-electron chi connectivity index (χ2n) is 8.21. The van der Waals surface area contributed by atoms with Crippen molar-refractivity contribution in [3.05, 3.63) is 46.2 Å². The van der Waals surface area contributed by atoms with Crippen molar-refractivity contribution in [2.75, 3.05) is 31.6 Å². The maximum absolute atomic E-state index is 12.4. The van der Waals surface area contributed by atoms with Crippen LogP contribution in [0, 0.1) is 5.92 Å². The van der Waals surface area contributed by atoms with E-state index in [0.717, 1.165) is 30.3 Å². The van der Waals surface area contributed by atoms with Crippen LogP contribution in [0.15, 0.2) is 35.7 Å². The molecule has 160 valence electrons. The van der Waals surface area contributed by atoms with Crippen molar-refractivity contribution in [3.8, 4) is 5.75 Å². The van der Waals surface area contributed by atoms with Gasteiger partial charge in [0.1, 0.15) is 5.75 Å². The molecular formula is C23H29N3O3S. The second-order valence-corrected chi connectivity index (χ2v) is 9.19. The number of nitrogens with one attached hydrogen (secondary N) is 2. The van der Waals surface area contributed by atoms with Crippen LogP contribution < -0.4 is 15.4 Å². The van der Waals surface area contributed by atoms with Crippen molar-refractivity contribution in [2.24, 2.45) is 5.92 Å². The fourth-order valence-electron chi connectivity index (χ4n) is 4.09. The number of carbonyl (C=O) groups is 2. The Hall–Kier alpha value is -2.38. The maximum Gasteiger partial charge on any atom is 0.258 e. The predicted octanol–water partition coefficient (Wildman–Crippen LogP) is 3.60. The van der Waals surface area contributed by atoms with Gasteiger partial charge in [-0.1, -0.05) is 13.0 Å². The lowest BCUT2D eigenvalue weighted by molar-refractivity contribution is -0.123. The van der Waals surface area contributed by atoms with Crippen LogP contribution in [0.2, 0.25) is 0 Å². The molecule has 7 heteroatoms. The number of likely N-dealkylation sites (tertiary alicyclic amines) is 1. The summed E-state index contributed by atoms with van der Waals surface area (Å²) in [7, 11) is 0.